The monoisotopic (exact) mass is 132 g/mol. The summed E-state index contributed by atoms with van der Waals surface area (Å²) in [7, 11) is 1.81. The van der Waals surface area contributed by atoms with Crippen molar-refractivity contribution in [3.63, 3.8) is 0 Å². The molecule has 0 aliphatic carbocycles. The molecule has 0 unspecified atom stereocenters. The second kappa shape index (κ2) is 3.36. The summed E-state index contributed by atoms with van der Waals surface area (Å²) in [5, 5.41) is 0. The van der Waals surface area contributed by atoms with Crippen LogP contribution in [0, 0.1) is 0 Å². The predicted octanol–water partition coefficient (Wildman–Crippen LogP) is 1.53. The van der Waals surface area contributed by atoms with E-state index in [9.17, 15) is 0 Å². The van der Waals surface area contributed by atoms with Crippen molar-refractivity contribution in [2.24, 2.45) is 0 Å². The van der Waals surface area contributed by atoms with Gasteiger partial charge in [0.05, 0.1) is 6.10 Å². The van der Waals surface area contributed by atoms with Gasteiger partial charge >= 0.3 is 0 Å². The zero-order chi connectivity index (χ0) is 5.82. The van der Waals surface area contributed by atoms with Crippen molar-refractivity contribution >= 4 is 11.8 Å². The van der Waals surface area contributed by atoms with E-state index in [0.717, 1.165) is 0 Å². The molecule has 0 bridgehead atoms. The van der Waals surface area contributed by atoms with Crippen molar-refractivity contribution in [3.05, 3.63) is 0 Å². The van der Waals surface area contributed by atoms with Crippen LogP contribution in [0.15, 0.2) is 0 Å². The Morgan fingerprint density at radius 3 is 2.38 bits per heavy atom. The molecule has 1 rings (SSSR count). The van der Waals surface area contributed by atoms with E-state index in [2.05, 4.69) is 0 Å². The van der Waals surface area contributed by atoms with Gasteiger partial charge in [-0.1, -0.05) is 0 Å². The predicted molar refractivity (Wildman–Crippen MR) is 37.4 cm³/mol. The molecule has 0 N–H and O–H groups in total. The Labute approximate surface area is 54.8 Å². The summed E-state index contributed by atoms with van der Waals surface area (Å²) < 4.78 is 5.18. The van der Waals surface area contributed by atoms with Crippen LogP contribution in [0.25, 0.3) is 0 Å². The topological polar surface area (TPSA) is 9.23 Å². The quantitative estimate of drug-likeness (QED) is 0.535. The van der Waals surface area contributed by atoms with Gasteiger partial charge in [0.2, 0.25) is 0 Å². The first-order chi connectivity index (χ1) is 3.93. The van der Waals surface area contributed by atoms with Gasteiger partial charge in [0.1, 0.15) is 0 Å². The summed E-state index contributed by atoms with van der Waals surface area (Å²) >= 11 is 2.03. The van der Waals surface area contributed by atoms with Crippen LogP contribution in [0.1, 0.15) is 12.8 Å². The van der Waals surface area contributed by atoms with E-state index in [0.29, 0.717) is 6.10 Å². The minimum atomic E-state index is 0.566. The smallest absolute Gasteiger partial charge is 0.0587 e. The van der Waals surface area contributed by atoms with Crippen molar-refractivity contribution in [2.45, 2.75) is 18.9 Å². The standard InChI is InChI=1S/C6H12OS/c1-7-6-2-4-8-5-3-6/h6H,2-5H2,1H3. The number of hydrogen-bond donors (Lipinski definition) is 0. The van der Waals surface area contributed by atoms with Gasteiger partial charge in [-0.05, 0) is 24.3 Å². The highest BCUT2D eigenvalue weighted by molar-refractivity contribution is 7.99. The second-order valence-electron chi connectivity index (χ2n) is 2.05. The summed E-state index contributed by atoms with van der Waals surface area (Å²) in [6, 6.07) is 0. The van der Waals surface area contributed by atoms with Crippen molar-refractivity contribution in [1.82, 2.24) is 0 Å². The van der Waals surface area contributed by atoms with Crippen LogP contribution in [0.3, 0.4) is 0 Å². The Morgan fingerprint density at radius 2 is 2.00 bits per heavy atom. The molecule has 1 nitrogen and oxygen atoms in total. The van der Waals surface area contributed by atoms with E-state index in [-0.39, 0.29) is 0 Å². The first-order valence-electron chi connectivity index (χ1n) is 3.04. The molecule has 0 spiro atoms. The molecule has 8 heavy (non-hydrogen) atoms. The van der Waals surface area contributed by atoms with Crippen LogP contribution >= 0.6 is 11.8 Å². The third kappa shape index (κ3) is 1.67. The molecule has 0 aromatic carbocycles. The van der Waals surface area contributed by atoms with Gasteiger partial charge in [-0.3, -0.25) is 0 Å². The maximum atomic E-state index is 5.18. The molecule has 0 amide bonds. The number of ether oxygens (including phenoxy) is 1. The normalized spacial score (nSPS) is 23.6. The first-order valence-corrected chi connectivity index (χ1v) is 4.19. The largest absolute Gasteiger partial charge is 0.381 e. The average molecular weight is 132 g/mol. The van der Waals surface area contributed by atoms with E-state index in [1.165, 1.54) is 24.3 Å². The molecule has 1 aliphatic rings. The van der Waals surface area contributed by atoms with Gasteiger partial charge in [0, 0.05) is 7.11 Å². The molecule has 0 atom stereocenters. The molecular weight excluding hydrogens is 120 g/mol. The SMILES string of the molecule is COC1CCSCC1. The molecule has 1 aliphatic heterocycles. The van der Waals surface area contributed by atoms with E-state index >= 15 is 0 Å². The fourth-order valence-electron chi connectivity index (χ4n) is 0.912. The lowest BCUT2D eigenvalue weighted by Crippen LogP contribution is -2.16. The minimum Gasteiger partial charge on any atom is -0.381 e. The minimum absolute atomic E-state index is 0.566. The third-order valence-electron chi connectivity index (χ3n) is 1.50. The van der Waals surface area contributed by atoms with Gasteiger partial charge in [-0.25, -0.2) is 0 Å². The number of rotatable bonds is 1. The van der Waals surface area contributed by atoms with Gasteiger partial charge in [0.25, 0.3) is 0 Å². The molecule has 0 radical (unpaired) electrons. The van der Waals surface area contributed by atoms with Gasteiger partial charge < -0.3 is 4.74 Å². The Bertz CT molecular complexity index is 59.5. The van der Waals surface area contributed by atoms with Crippen molar-refractivity contribution in [1.29, 1.82) is 0 Å². The maximum absolute atomic E-state index is 5.18. The molecule has 0 saturated carbocycles. The molecule has 2 heteroatoms. The first kappa shape index (κ1) is 6.43. The zero-order valence-corrected chi connectivity index (χ0v) is 6.04. The lowest BCUT2D eigenvalue weighted by atomic mass is 10.2. The fraction of sp³-hybridized carbons (Fsp3) is 1.00. The van der Waals surface area contributed by atoms with Crippen LogP contribution in [0.5, 0.6) is 0 Å². The summed E-state index contributed by atoms with van der Waals surface area (Å²) in [5.74, 6) is 2.58. The number of hydrogen-bond acceptors (Lipinski definition) is 2. The van der Waals surface area contributed by atoms with Crippen molar-refractivity contribution < 1.29 is 4.74 Å². The lowest BCUT2D eigenvalue weighted by molar-refractivity contribution is 0.0961. The summed E-state index contributed by atoms with van der Waals surface area (Å²) in [6.45, 7) is 0. The highest BCUT2D eigenvalue weighted by atomic mass is 32.2. The molecule has 0 aromatic heterocycles. The molecule has 0 aromatic rings. The molecule has 1 fully saturated rings. The summed E-state index contributed by atoms with van der Waals surface area (Å²) in [5.41, 5.74) is 0. The van der Waals surface area contributed by atoms with E-state index in [1.807, 2.05) is 11.8 Å². The van der Waals surface area contributed by atoms with Crippen molar-refractivity contribution in [2.75, 3.05) is 18.6 Å². The van der Waals surface area contributed by atoms with Gasteiger partial charge in [-0.15, -0.1) is 0 Å². The van der Waals surface area contributed by atoms with E-state index in [1.54, 1.807) is 7.11 Å². The third-order valence-corrected chi connectivity index (χ3v) is 2.55. The highest BCUT2D eigenvalue weighted by Gasteiger charge is 2.10. The number of thioether (sulfide) groups is 1. The Balaban J connectivity index is 2.13. The molecule has 1 heterocycles. The van der Waals surface area contributed by atoms with Crippen LogP contribution in [0.4, 0.5) is 0 Å². The Kier molecular flexibility index (Phi) is 2.70. The van der Waals surface area contributed by atoms with Crippen LogP contribution in [-0.2, 0) is 4.74 Å². The highest BCUT2D eigenvalue weighted by Crippen LogP contribution is 2.18. The Morgan fingerprint density at radius 1 is 1.38 bits per heavy atom. The van der Waals surface area contributed by atoms with E-state index < -0.39 is 0 Å². The molecule has 48 valence electrons. The molecular formula is C6H12OS. The summed E-state index contributed by atoms with van der Waals surface area (Å²) in [4.78, 5) is 0. The lowest BCUT2D eigenvalue weighted by Gasteiger charge is -2.18. The van der Waals surface area contributed by atoms with Crippen molar-refractivity contribution in [3.8, 4) is 0 Å². The average Bonchev–Trinajstić information content (AvgIpc) is 1.90. The Hall–Kier alpha value is 0.310. The zero-order valence-electron chi connectivity index (χ0n) is 5.22. The number of methoxy groups -OCH3 is 1. The second-order valence-corrected chi connectivity index (χ2v) is 3.27. The maximum Gasteiger partial charge on any atom is 0.0587 e. The van der Waals surface area contributed by atoms with Crippen LogP contribution in [-0.4, -0.2) is 24.7 Å². The molecule has 1 saturated heterocycles. The van der Waals surface area contributed by atoms with E-state index in [4.69, 9.17) is 4.74 Å². The van der Waals surface area contributed by atoms with Crippen LogP contribution in [0.2, 0.25) is 0 Å². The fourth-order valence-corrected chi connectivity index (χ4v) is 1.97. The van der Waals surface area contributed by atoms with Crippen LogP contribution < -0.4 is 0 Å². The van der Waals surface area contributed by atoms with Gasteiger partial charge in [-0.2, -0.15) is 11.8 Å². The van der Waals surface area contributed by atoms with Gasteiger partial charge in [0.15, 0.2) is 0 Å². The summed E-state index contributed by atoms with van der Waals surface area (Å²) in [6.07, 6.45) is 3.07.